The van der Waals surface area contributed by atoms with Crippen molar-refractivity contribution in [1.82, 2.24) is 5.32 Å². The van der Waals surface area contributed by atoms with Crippen molar-refractivity contribution in [2.24, 2.45) is 5.92 Å². The first-order valence-electron chi connectivity index (χ1n) is 6.62. The van der Waals surface area contributed by atoms with Crippen LogP contribution in [-0.4, -0.2) is 21.2 Å². The van der Waals surface area contributed by atoms with Gasteiger partial charge in [0.15, 0.2) is 0 Å². The Morgan fingerprint density at radius 2 is 1.79 bits per heavy atom. The lowest BCUT2D eigenvalue weighted by Crippen LogP contribution is -2.21. The van der Waals surface area contributed by atoms with Gasteiger partial charge in [0.1, 0.15) is 0 Å². The molecule has 1 unspecified atom stereocenters. The van der Waals surface area contributed by atoms with E-state index in [4.69, 9.17) is 0 Å². The standard InChI is InChI=1S/C14H24N2O2S/c1-11(2)9-10-19(17,18)16-14-8-6-5-7-13(14)12(3)15-4/h5-8,11-12,15-16H,9-10H2,1-4H3. The molecule has 0 saturated carbocycles. The lowest BCUT2D eigenvalue weighted by Gasteiger charge is -2.17. The Bertz CT molecular complexity index is 498. The Kier molecular flexibility index (Phi) is 5.82. The van der Waals surface area contributed by atoms with Crippen molar-refractivity contribution in [1.29, 1.82) is 0 Å². The van der Waals surface area contributed by atoms with Crippen LogP contribution in [0.25, 0.3) is 0 Å². The molecule has 0 fully saturated rings. The number of nitrogens with one attached hydrogen (secondary N) is 2. The minimum absolute atomic E-state index is 0.101. The van der Waals surface area contributed by atoms with Crippen molar-refractivity contribution >= 4 is 15.7 Å². The van der Waals surface area contributed by atoms with Crippen molar-refractivity contribution in [2.45, 2.75) is 33.2 Å². The van der Waals surface area contributed by atoms with E-state index >= 15 is 0 Å². The van der Waals surface area contributed by atoms with Gasteiger partial charge in [-0.3, -0.25) is 4.72 Å². The Morgan fingerprint density at radius 1 is 1.16 bits per heavy atom. The molecule has 0 aromatic heterocycles. The number of sulfonamides is 1. The second-order valence-corrected chi connectivity index (χ2v) is 7.04. The van der Waals surface area contributed by atoms with Crippen LogP contribution in [0.1, 0.15) is 38.8 Å². The molecule has 0 radical (unpaired) electrons. The first kappa shape index (κ1) is 16.0. The van der Waals surface area contributed by atoms with Crippen molar-refractivity contribution in [3.63, 3.8) is 0 Å². The first-order valence-corrected chi connectivity index (χ1v) is 8.27. The molecule has 19 heavy (non-hydrogen) atoms. The third-order valence-electron chi connectivity index (χ3n) is 3.09. The summed E-state index contributed by atoms with van der Waals surface area (Å²) in [6, 6.07) is 7.59. The molecule has 0 aliphatic carbocycles. The van der Waals surface area contributed by atoms with E-state index in [9.17, 15) is 8.42 Å². The highest BCUT2D eigenvalue weighted by Crippen LogP contribution is 2.23. The van der Waals surface area contributed by atoms with Crippen LogP contribution < -0.4 is 10.0 Å². The highest BCUT2D eigenvalue weighted by molar-refractivity contribution is 7.92. The fraction of sp³-hybridized carbons (Fsp3) is 0.571. The smallest absolute Gasteiger partial charge is 0.232 e. The lowest BCUT2D eigenvalue weighted by atomic mass is 10.1. The molecule has 0 aliphatic rings. The maximum atomic E-state index is 12.0. The Morgan fingerprint density at radius 3 is 2.37 bits per heavy atom. The van der Waals surface area contributed by atoms with Gasteiger partial charge in [-0.15, -0.1) is 0 Å². The summed E-state index contributed by atoms with van der Waals surface area (Å²) in [6.07, 6.45) is 0.666. The fourth-order valence-corrected chi connectivity index (χ4v) is 3.14. The molecule has 2 N–H and O–H groups in total. The zero-order chi connectivity index (χ0) is 14.5. The lowest BCUT2D eigenvalue weighted by molar-refractivity contribution is 0.577. The molecule has 1 atom stereocenters. The van der Waals surface area contributed by atoms with E-state index in [0.29, 0.717) is 18.0 Å². The average Bonchev–Trinajstić information content (AvgIpc) is 2.36. The molecule has 5 heteroatoms. The van der Waals surface area contributed by atoms with Gasteiger partial charge in [0.05, 0.1) is 11.4 Å². The van der Waals surface area contributed by atoms with Gasteiger partial charge in [-0.1, -0.05) is 32.0 Å². The zero-order valence-electron chi connectivity index (χ0n) is 12.1. The van der Waals surface area contributed by atoms with E-state index in [1.807, 2.05) is 46.0 Å². The monoisotopic (exact) mass is 284 g/mol. The summed E-state index contributed by atoms with van der Waals surface area (Å²) in [5.41, 5.74) is 1.62. The summed E-state index contributed by atoms with van der Waals surface area (Å²) in [6.45, 7) is 6.04. The van der Waals surface area contributed by atoms with E-state index in [-0.39, 0.29) is 11.8 Å². The third kappa shape index (κ3) is 5.20. The average molecular weight is 284 g/mol. The Hall–Kier alpha value is -1.07. The maximum Gasteiger partial charge on any atom is 0.232 e. The van der Waals surface area contributed by atoms with Gasteiger partial charge in [-0.05, 0) is 37.9 Å². The summed E-state index contributed by atoms with van der Waals surface area (Å²) < 4.78 is 26.8. The normalized spacial score (nSPS) is 13.5. The molecule has 0 amide bonds. The first-order chi connectivity index (χ1) is 8.85. The number of rotatable bonds is 7. The zero-order valence-corrected chi connectivity index (χ0v) is 12.9. The van der Waals surface area contributed by atoms with Crippen LogP contribution in [0, 0.1) is 5.92 Å². The number of anilines is 1. The molecular formula is C14H24N2O2S. The highest BCUT2D eigenvalue weighted by atomic mass is 32.2. The summed E-state index contributed by atoms with van der Waals surface area (Å²) in [5, 5.41) is 3.12. The van der Waals surface area contributed by atoms with Crippen molar-refractivity contribution in [2.75, 3.05) is 17.5 Å². The van der Waals surface area contributed by atoms with E-state index in [2.05, 4.69) is 10.0 Å². The van der Waals surface area contributed by atoms with Gasteiger partial charge in [-0.25, -0.2) is 8.42 Å². The highest BCUT2D eigenvalue weighted by Gasteiger charge is 2.15. The van der Waals surface area contributed by atoms with E-state index in [0.717, 1.165) is 5.56 Å². The number of benzene rings is 1. The minimum atomic E-state index is -3.27. The third-order valence-corrected chi connectivity index (χ3v) is 4.39. The Labute approximate surface area is 116 Å². The van der Waals surface area contributed by atoms with E-state index in [1.54, 1.807) is 6.07 Å². The van der Waals surface area contributed by atoms with Crippen molar-refractivity contribution < 1.29 is 8.42 Å². The largest absolute Gasteiger partial charge is 0.313 e. The van der Waals surface area contributed by atoms with E-state index < -0.39 is 10.0 Å². The molecule has 0 saturated heterocycles. The van der Waals surface area contributed by atoms with Crippen LogP contribution in [0.2, 0.25) is 0 Å². The van der Waals surface area contributed by atoms with Crippen molar-refractivity contribution in [3.8, 4) is 0 Å². The second-order valence-electron chi connectivity index (χ2n) is 5.20. The summed E-state index contributed by atoms with van der Waals surface area (Å²) in [5.74, 6) is 0.537. The maximum absolute atomic E-state index is 12.0. The predicted molar refractivity (Wildman–Crippen MR) is 80.8 cm³/mol. The quantitative estimate of drug-likeness (QED) is 0.809. The topological polar surface area (TPSA) is 58.2 Å². The van der Waals surface area contributed by atoms with Crippen LogP contribution in [0.5, 0.6) is 0 Å². The van der Waals surface area contributed by atoms with Gasteiger partial charge in [0.2, 0.25) is 10.0 Å². The van der Waals surface area contributed by atoms with E-state index in [1.165, 1.54) is 0 Å². The molecule has 108 valence electrons. The number of hydrogen-bond donors (Lipinski definition) is 2. The molecule has 0 spiro atoms. The van der Waals surface area contributed by atoms with Crippen LogP contribution in [0.4, 0.5) is 5.69 Å². The number of hydrogen-bond acceptors (Lipinski definition) is 3. The Balaban J connectivity index is 2.87. The summed E-state index contributed by atoms with van der Waals surface area (Å²) in [7, 11) is -1.42. The van der Waals surface area contributed by atoms with Crippen LogP contribution in [-0.2, 0) is 10.0 Å². The van der Waals surface area contributed by atoms with Crippen LogP contribution in [0.15, 0.2) is 24.3 Å². The molecule has 1 rings (SSSR count). The molecular weight excluding hydrogens is 260 g/mol. The fourth-order valence-electron chi connectivity index (χ4n) is 1.73. The minimum Gasteiger partial charge on any atom is -0.313 e. The van der Waals surface area contributed by atoms with Crippen molar-refractivity contribution in [3.05, 3.63) is 29.8 Å². The summed E-state index contributed by atoms with van der Waals surface area (Å²) in [4.78, 5) is 0. The van der Waals surface area contributed by atoms with Gasteiger partial charge < -0.3 is 5.32 Å². The molecule has 4 nitrogen and oxygen atoms in total. The molecule has 0 bridgehead atoms. The van der Waals surface area contributed by atoms with Gasteiger partial charge in [-0.2, -0.15) is 0 Å². The predicted octanol–water partition coefficient (Wildman–Crippen LogP) is 2.75. The molecule has 1 aromatic carbocycles. The van der Waals surface area contributed by atoms with Crippen LogP contribution in [0.3, 0.4) is 0 Å². The van der Waals surface area contributed by atoms with Gasteiger partial charge in [0.25, 0.3) is 0 Å². The molecule has 0 heterocycles. The second kappa shape index (κ2) is 6.91. The van der Waals surface area contributed by atoms with Crippen LogP contribution >= 0.6 is 0 Å². The molecule has 0 aliphatic heterocycles. The SMILES string of the molecule is CNC(C)c1ccccc1NS(=O)(=O)CCC(C)C. The summed E-state index contributed by atoms with van der Waals surface area (Å²) >= 11 is 0. The molecule has 1 aromatic rings. The van der Waals surface area contributed by atoms with Gasteiger partial charge >= 0.3 is 0 Å². The van der Waals surface area contributed by atoms with Gasteiger partial charge in [0, 0.05) is 6.04 Å². The number of para-hydroxylation sites is 1.